The van der Waals surface area contributed by atoms with E-state index in [1.165, 1.54) is 12.8 Å². The molecule has 2 N–H and O–H groups in total. The van der Waals surface area contributed by atoms with Gasteiger partial charge in [-0.2, -0.15) is 0 Å². The van der Waals surface area contributed by atoms with E-state index in [-0.39, 0.29) is 5.91 Å². The summed E-state index contributed by atoms with van der Waals surface area (Å²) in [6.07, 6.45) is 3.62. The second-order valence-corrected chi connectivity index (χ2v) is 5.85. The number of fused-ring (bicyclic) bond motifs is 2. The summed E-state index contributed by atoms with van der Waals surface area (Å²) >= 11 is 0. The van der Waals surface area contributed by atoms with Crippen molar-refractivity contribution in [1.29, 1.82) is 0 Å². The fraction of sp³-hybridized carbons (Fsp3) is 0.471. The second-order valence-electron chi connectivity index (χ2n) is 5.85. The third kappa shape index (κ3) is 2.32. The molecule has 2 aliphatic rings. The number of amides is 1. The van der Waals surface area contributed by atoms with Crippen LogP contribution >= 0.6 is 0 Å². The van der Waals surface area contributed by atoms with Gasteiger partial charge < -0.3 is 10.6 Å². The van der Waals surface area contributed by atoms with Gasteiger partial charge in [-0.25, -0.2) is 0 Å². The summed E-state index contributed by atoms with van der Waals surface area (Å²) in [5.41, 5.74) is 8.06. The largest absolute Gasteiger partial charge is 0.335 e. The Morgan fingerprint density at radius 3 is 2.95 bits per heavy atom. The highest BCUT2D eigenvalue weighted by molar-refractivity contribution is 5.97. The van der Waals surface area contributed by atoms with E-state index in [4.69, 9.17) is 5.73 Å². The second kappa shape index (κ2) is 5.30. The van der Waals surface area contributed by atoms with Crippen molar-refractivity contribution < 1.29 is 4.79 Å². The monoisotopic (exact) mass is 268 g/mol. The lowest BCUT2D eigenvalue weighted by atomic mass is 10.0. The molecule has 3 nitrogen and oxygen atoms in total. The molecule has 0 aromatic heterocycles. The highest BCUT2D eigenvalue weighted by atomic mass is 16.2. The van der Waals surface area contributed by atoms with Gasteiger partial charge in [0.05, 0.1) is 12.1 Å². The molecule has 2 unspecified atom stereocenters. The van der Waals surface area contributed by atoms with Crippen molar-refractivity contribution in [3.05, 3.63) is 34.9 Å². The summed E-state index contributed by atoms with van der Waals surface area (Å²) < 4.78 is 0. The minimum absolute atomic E-state index is 0.141. The molecule has 3 rings (SSSR count). The van der Waals surface area contributed by atoms with Crippen molar-refractivity contribution in [2.24, 2.45) is 11.7 Å². The van der Waals surface area contributed by atoms with Crippen LogP contribution in [0.15, 0.2) is 18.2 Å². The Labute approximate surface area is 120 Å². The van der Waals surface area contributed by atoms with E-state index < -0.39 is 0 Å². The fourth-order valence-electron chi connectivity index (χ4n) is 3.42. The van der Waals surface area contributed by atoms with E-state index in [1.54, 1.807) is 0 Å². The number of aryl methyl sites for hydroxylation is 1. The first-order chi connectivity index (χ1) is 9.69. The van der Waals surface area contributed by atoms with Crippen LogP contribution in [-0.2, 0) is 0 Å². The Balaban J connectivity index is 1.92. The first-order valence-corrected chi connectivity index (χ1v) is 7.29. The lowest BCUT2D eigenvalue weighted by molar-refractivity contribution is 0.0703. The molecule has 1 aromatic carbocycles. The number of likely N-dealkylation sites (tertiary alicyclic amines) is 1. The molecule has 0 spiro atoms. The number of nitrogens with zero attached hydrogens (tertiary/aromatic N) is 1. The van der Waals surface area contributed by atoms with Gasteiger partial charge in [0.25, 0.3) is 5.91 Å². The molecule has 2 atom stereocenters. The molecule has 1 heterocycles. The third-order valence-electron chi connectivity index (χ3n) is 4.40. The Morgan fingerprint density at radius 2 is 2.30 bits per heavy atom. The van der Waals surface area contributed by atoms with Crippen LogP contribution in [0, 0.1) is 24.7 Å². The number of carbonyl (C=O) groups excluding carboxylic acids is 1. The van der Waals surface area contributed by atoms with Crippen LogP contribution < -0.4 is 5.73 Å². The molecule has 1 aliphatic carbocycles. The molecule has 2 fully saturated rings. The molecule has 1 saturated heterocycles. The molecule has 0 radical (unpaired) electrons. The van der Waals surface area contributed by atoms with Crippen LogP contribution in [0.4, 0.5) is 0 Å². The van der Waals surface area contributed by atoms with E-state index in [0.717, 1.165) is 29.7 Å². The minimum atomic E-state index is 0.141. The predicted molar refractivity (Wildman–Crippen MR) is 79.3 cm³/mol. The highest BCUT2D eigenvalue weighted by Gasteiger charge is 2.40. The summed E-state index contributed by atoms with van der Waals surface area (Å²) in [5.74, 6) is 6.73. The standard InChI is InChI=1S/C17H20N2O/c1-12-4-6-14(3-2-8-18)16(9-12)17(20)19-11-13-5-7-15(19)10-13/h4,6,9,13,15H,5,7-8,10-11,18H2,1H3. The third-order valence-corrected chi connectivity index (χ3v) is 4.40. The molecule has 20 heavy (non-hydrogen) atoms. The first kappa shape index (κ1) is 13.2. The van der Waals surface area contributed by atoms with E-state index in [2.05, 4.69) is 16.7 Å². The Hall–Kier alpha value is -1.79. The van der Waals surface area contributed by atoms with Crippen molar-refractivity contribution >= 4 is 5.91 Å². The van der Waals surface area contributed by atoms with Crippen molar-refractivity contribution in [3.63, 3.8) is 0 Å². The Bertz CT molecular complexity index is 597. The quantitative estimate of drug-likeness (QED) is 0.791. The normalized spacial score (nSPS) is 23.6. The zero-order valence-electron chi connectivity index (χ0n) is 11.9. The summed E-state index contributed by atoms with van der Waals surface area (Å²) in [6.45, 7) is 3.24. The Kier molecular flexibility index (Phi) is 3.50. The zero-order valence-corrected chi connectivity index (χ0v) is 11.9. The maximum absolute atomic E-state index is 12.8. The van der Waals surface area contributed by atoms with Crippen molar-refractivity contribution in [2.75, 3.05) is 13.1 Å². The smallest absolute Gasteiger partial charge is 0.255 e. The molecule has 1 aliphatic heterocycles. The number of rotatable bonds is 1. The molecule has 2 bridgehead atoms. The molecule has 1 aromatic rings. The van der Waals surface area contributed by atoms with Gasteiger partial charge in [0.2, 0.25) is 0 Å². The minimum Gasteiger partial charge on any atom is -0.335 e. The average molecular weight is 268 g/mol. The maximum Gasteiger partial charge on any atom is 0.255 e. The van der Waals surface area contributed by atoms with Crippen molar-refractivity contribution in [3.8, 4) is 11.8 Å². The maximum atomic E-state index is 12.8. The van der Waals surface area contributed by atoms with Crippen LogP contribution in [0.3, 0.4) is 0 Å². The average Bonchev–Trinajstić information content (AvgIpc) is 3.08. The van der Waals surface area contributed by atoms with Gasteiger partial charge in [-0.15, -0.1) is 0 Å². The fourth-order valence-corrected chi connectivity index (χ4v) is 3.42. The summed E-state index contributed by atoms with van der Waals surface area (Å²) in [6, 6.07) is 6.32. The SMILES string of the molecule is Cc1ccc(C#CCN)c(C(=O)N2CC3CCC2C3)c1. The summed E-state index contributed by atoms with van der Waals surface area (Å²) in [4.78, 5) is 14.9. The van der Waals surface area contributed by atoms with Crippen LogP contribution in [0.25, 0.3) is 0 Å². The van der Waals surface area contributed by atoms with E-state index >= 15 is 0 Å². The van der Waals surface area contributed by atoms with Crippen LogP contribution in [0.1, 0.15) is 40.7 Å². The summed E-state index contributed by atoms with van der Waals surface area (Å²) in [7, 11) is 0. The van der Waals surface area contributed by atoms with Gasteiger partial charge in [-0.05, 0) is 44.2 Å². The highest BCUT2D eigenvalue weighted by Crippen LogP contribution is 2.38. The molecule has 1 saturated carbocycles. The van der Waals surface area contributed by atoms with Crippen LogP contribution in [0.2, 0.25) is 0 Å². The van der Waals surface area contributed by atoms with Crippen molar-refractivity contribution in [2.45, 2.75) is 32.2 Å². The van der Waals surface area contributed by atoms with Gasteiger partial charge in [0, 0.05) is 18.2 Å². The van der Waals surface area contributed by atoms with E-state index in [9.17, 15) is 4.79 Å². The molecule has 1 amide bonds. The molecule has 104 valence electrons. The number of hydrogen-bond donors (Lipinski definition) is 1. The van der Waals surface area contributed by atoms with Gasteiger partial charge in [-0.1, -0.05) is 23.5 Å². The lowest BCUT2D eigenvalue weighted by Crippen LogP contribution is -2.38. The van der Waals surface area contributed by atoms with Gasteiger partial charge >= 0.3 is 0 Å². The topological polar surface area (TPSA) is 46.3 Å². The summed E-state index contributed by atoms with van der Waals surface area (Å²) in [5, 5.41) is 0. The first-order valence-electron chi connectivity index (χ1n) is 7.29. The molecular formula is C17H20N2O. The number of piperidine rings is 1. The van der Waals surface area contributed by atoms with Gasteiger partial charge in [0.15, 0.2) is 0 Å². The van der Waals surface area contributed by atoms with Crippen molar-refractivity contribution in [1.82, 2.24) is 4.90 Å². The van der Waals surface area contributed by atoms with E-state index in [1.807, 2.05) is 25.1 Å². The molecular weight excluding hydrogens is 248 g/mol. The number of benzene rings is 1. The van der Waals surface area contributed by atoms with E-state index in [0.29, 0.717) is 18.5 Å². The number of nitrogens with two attached hydrogens (primary N) is 1. The Morgan fingerprint density at radius 1 is 1.45 bits per heavy atom. The van der Waals surface area contributed by atoms with Crippen LogP contribution in [0.5, 0.6) is 0 Å². The molecule has 3 heteroatoms. The van der Waals surface area contributed by atoms with Crippen LogP contribution in [-0.4, -0.2) is 29.9 Å². The number of hydrogen-bond acceptors (Lipinski definition) is 2. The lowest BCUT2D eigenvalue weighted by Gasteiger charge is -2.27. The van der Waals surface area contributed by atoms with Gasteiger partial charge in [-0.3, -0.25) is 4.79 Å². The van der Waals surface area contributed by atoms with Gasteiger partial charge in [0.1, 0.15) is 0 Å². The number of carbonyl (C=O) groups is 1. The zero-order chi connectivity index (χ0) is 14.1. The predicted octanol–water partition coefficient (Wildman–Crippen LogP) is 1.93.